The molecule has 2 rings (SSSR count). The number of hydrazone groups is 1. The summed E-state index contributed by atoms with van der Waals surface area (Å²) in [6.45, 7) is 3.94. The quantitative estimate of drug-likeness (QED) is 0.600. The predicted molar refractivity (Wildman–Crippen MR) is 86.2 cm³/mol. The molecule has 0 bridgehead atoms. The molecule has 0 aliphatic rings. The summed E-state index contributed by atoms with van der Waals surface area (Å²) in [5, 5.41) is 5.11. The van der Waals surface area contributed by atoms with Gasteiger partial charge in [0.05, 0.1) is 11.4 Å². The average Bonchev–Trinajstić information content (AvgIpc) is 2.40. The van der Waals surface area contributed by atoms with Gasteiger partial charge >= 0.3 is 0 Å². The summed E-state index contributed by atoms with van der Waals surface area (Å²) < 4.78 is 1.03. The van der Waals surface area contributed by atoms with E-state index in [0.29, 0.717) is 0 Å². The van der Waals surface area contributed by atoms with Crippen LogP contribution in [0.1, 0.15) is 18.1 Å². The molecule has 1 N–H and O–H groups in total. The molecule has 0 aromatic heterocycles. The minimum absolute atomic E-state index is 0.735. The van der Waals surface area contributed by atoms with E-state index in [1.807, 2.05) is 56.3 Å². The molecule has 98 valence electrons. The fourth-order valence-electron chi connectivity index (χ4n) is 1.63. The first kappa shape index (κ1) is 14.1. The first-order valence-electron chi connectivity index (χ1n) is 5.89. The molecule has 0 heterocycles. The Bertz CT molecular complexity index is 623. The van der Waals surface area contributed by atoms with Crippen LogP contribution < -0.4 is 5.43 Å². The third kappa shape index (κ3) is 3.58. The molecule has 0 saturated heterocycles. The van der Waals surface area contributed by atoms with Gasteiger partial charge in [0.15, 0.2) is 0 Å². The molecule has 0 unspecified atom stereocenters. The van der Waals surface area contributed by atoms with Gasteiger partial charge in [-0.2, -0.15) is 5.10 Å². The van der Waals surface area contributed by atoms with E-state index in [-0.39, 0.29) is 0 Å². The van der Waals surface area contributed by atoms with Crippen molar-refractivity contribution in [2.45, 2.75) is 13.8 Å². The smallest absolute Gasteiger partial charge is 0.0659 e. The molecule has 19 heavy (non-hydrogen) atoms. The number of benzene rings is 2. The van der Waals surface area contributed by atoms with Gasteiger partial charge in [0.1, 0.15) is 0 Å². The second-order valence-electron chi connectivity index (χ2n) is 4.25. The van der Waals surface area contributed by atoms with Crippen molar-refractivity contribution in [2.75, 3.05) is 5.43 Å². The van der Waals surface area contributed by atoms with E-state index in [1.54, 1.807) is 0 Å². The number of anilines is 1. The van der Waals surface area contributed by atoms with Gasteiger partial charge in [-0.15, -0.1) is 0 Å². The molecule has 0 aliphatic heterocycles. The molecule has 2 aromatic rings. The minimum atomic E-state index is 0.735. The Morgan fingerprint density at radius 3 is 2.63 bits per heavy atom. The molecular formula is C15H14BrClN2. The lowest BCUT2D eigenvalue weighted by molar-refractivity contribution is 1.31. The fraction of sp³-hybridized carbons (Fsp3) is 0.133. The molecule has 0 saturated carbocycles. The van der Waals surface area contributed by atoms with Gasteiger partial charge in [0.2, 0.25) is 0 Å². The monoisotopic (exact) mass is 336 g/mol. The Labute approximate surface area is 126 Å². The summed E-state index contributed by atoms with van der Waals surface area (Å²) >= 11 is 9.59. The molecule has 4 heteroatoms. The van der Waals surface area contributed by atoms with E-state index in [1.165, 1.54) is 0 Å². The maximum atomic E-state index is 6.08. The van der Waals surface area contributed by atoms with Crippen LogP contribution in [-0.2, 0) is 0 Å². The van der Waals surface area contributed by atoms with Crippen LogP contribution in [-0.4, -0.2) is 5.71 Å². The molecule has 2 nitrogen and oxygen atoms in total. The lowest BCUT2D eigenvalue weighted by atomic mass is 10.1. The van der Waals surface area contributed by atoms with Crippen LogP contribution >= 0.6 is 27.5 Å². The van der Waals surface area contributed by atoms with Gasteiger partial charge in [-0.25, -0.2) is 0 Å². The lowest BCUT2D eigenvalue weighted by Crippen LogP contribution is -2.00. The van der Waals surface area contributed by atoms with Crippen molar-refractivity contribution >= 4 is 38.9 Å². The largest absolute Gasteiger partial charge is 0.278 e. The number of aryl methyl sites for hydroxylation is 1. The van der Waals surface area contributed by atoms with Gasteiger partial charge in [-0.05, 0) is 37.6 Å². The van der Waals surface area contributed by atoms with Crippen LogP contribution in [0, 0.1) is 6.92 Å². The molecule has 0 spiro atoms. The summed E-state index contributed by atoms with van der Waals surface area (Å²) in [7, 11) is 0. The van der Waals surface area contributed by atoms with Crippen molar-refractivity contribution in [3.63, 3.8) is 0 Å². The minimum Gasteiger partial charge on any atom is -0.278 e. The maximum Gasteiger partial charge on any atom is 0.0659 e. The summed E-state index contributed by atoms with van der Waals surface area (Å²) in [6.07, 6.45) is 0. The third-order valence-electron chi connectivity index (χ3n) is 2.79. The van der Waals surface area contributed by atoms with Crippen LogP contribution in [0.4, 0.5) is 5.69 Å². The van der Waals surface area contributed by atoms with Crippen molar-refractivity contribution in [2.24, 2.45) is 5.10 Å². The standard InChI is InChI=1S/C15H14BrClN2/c1-10-7-8-12(9-15(10)17)19-18-11(2)13-5-3-4-6-14(13)16/h3-9,19H,1-2H3. The number of nitrogens with one attached hydrogen (secondary N) is 1. The molecular weight excluding hydrogens is 324 g/mol. The average molecular weight is 338 g/mol. The number of halogens is 2. The summed E-state index contributed by atoms with van der Waals surface area (Å²) in [6, 6.07) is 13.8. The zero-order valence-electron chi connectivity index (χ0n) is 10.7. The van der Waals surface area contributed by atoms with Gasteiger partial charge < -0.3 is 0 Å². The normalized spacial score (nSPS) is 11.5. The zero-order valence-corrected chi connectivity index (χ0v) is 13.1. The highest BCUT2D eigenvalue weighted by Gasteiger charge is 2.02. The van der Waals surface area contributed by atoms with E-state index in [2.05, 4.69) is 26.5 Å². The maximum absolute atomic E-state index is 6.08. The molecule has 0 fully saturated rings. The first-order chi connectivity index (χ1) is 9.08. The van der Waals surface area contributed by atoms with E-state index in [0.717, 1.165) is 32.0 Å². The Morgan fingerprint density at radius 1 is 1.21 bits per heavy atom. The highest BCUT2D eigenvalue weighted by molar-refractivity contribution is 9.10. The molecule has 2 aromatic carbocycles. The molecule has 0 atom stereocenters. The fourth-order valence-corrected chi connectivity index (χ4v) is 2.38. The third-order valence-corrected chi connectivity index (χ3v) is 3.89. The van der Waals surface area contributed by atoms with Crippen molar-refractivity contribution in [3.05, 3.63) is 63.1 Å². The Kier molecular flexibility index (Phi) is 4.61. The highest BCUT2D eigenvalue weighted by atomic mass is 79.9. The van der Waals surface area contributed by atoms with E-state index in [9.17, 15) is 0 Å². The Hall–Kier alpha value is -1.32. The van der Waals surface area contributed by atoms with Crippen molar-refractivity contribution in [1.82, 2.24) is 0 Å². The van der Waals surface area contributed by atoms with E-state index >= 15 is 0 Å². The predicted octanol–water partition coefficient (Wildman–Crippen LogP) is 5.25. The topological polar surface area (TPSA) is 24.4 Å². The van der Waals surface area contributed by atoms with Gasteiger partial charge in [0, 0.05) is 15.1 Å². The summed E-state index contributed by atoms with van der Waals surface area (Å²) in [5.41, 5.74) is 6.92. The summed E-state index contributed by atoms with van der Waals surface area (Å²) in [5.74, 6) is 0. The van der Waals surface area contributed by atoms with Crippen LogP contribution in [0.2, 0.25) is 5.02 Å². The first-order valence-corrected chi connectivity index (χ1v) is 7.06. The SMILES string of the molecule is CC(=NNc1ccc(C)c(Cl)c1)c1ccccc1Br. The second-order valence-corrected chi connectivity index (χ2v) is 5.51. The van der Waals surface area contributed by atoms with Crippen LogP contribution in [0.3, 0.4) is 0 Å². The lowest BCUT2D eigenvalue weighted by Gasteiger charge is -2.06. The Balaban J connectivity index is 2.18. The van der Waals surface area contributed by atoms with E-state index < -0.39 is 0 Å². The van der Waals surface area contributed by atoms with Crippen molar-refractivity contribution in [1.29, 1.82) is 0 Å². The van der Waals surface area contributed by atoms with Crippen LogP contribution in [0.25, 0.3) is 0 Å². The Morgan fingerprint density at radius 2 is 1.95 bits per heavy atom. The number of hydrogen-bond donors (Lipinski definition) is 1. The summed E-state index contributed by atoms with van der Waals surface area (Å²) in [4.78, 5) is 0. The molecule has 0 amide bonds. The van der Waals surface area contributed by atoms with Crippen molar-refractivity contribution in [3.8, 4) is 0 Å². The molecule has 0 aliphatic carbocycles. The zero-order chi connectivity index (χ0) is 13.8. The van der Waals surface area contributed by atoms with Crippen molar-refractivity contribution < 1.29 is 0 Å². The van der Waals surface area contributed by atoms with Gasteiger partial charge in [0.25, 0.3) is 0 Å². The number of rotatable bonds is 3. The second kappa shape index (κ2) is 6.22. The van der Waals surface area contributed by atoms with E-state index in [4.69, 9.17) is 11.6 Å². The highest BCUT2D eigenvalue weighted by Crippen LogP contribution is 2.21. The number of nitrogens with zero attached hydrogens (tertiary/aromatic N) is 1. The van der Waals surface area contributed by atoms with Gasteiger partial charge in [-0.3, -0.25) is 5.43 Å². The van der Waals surface area contributed by atoms with Crippen LogP contribution in [0.15, 0.2) is 52.0 Å². The van der Waals surface area contributed by atoms with Crippen LogP contribution in [0.5, 0.6) is 0 Å². The number of hydrogen-bond acceptors (Lipinski definition) is 2. The molecule has 0 radical (unpaired) electrons. The van der Waals surface area contributed by atoms with Gasteiger partial charge in [-0.1, -0.05) is 51.8 Å².